The minimum atomic E-state index is -10.7. The molecule has 0 aliphatic rings. The van der Waals surface area contributed by atoms with E-state index < -0.39 is 79.8 Å². The summed E-state index contributed by atoms with van der Waals surface area (Å²) in [6, 6.07) is 8.80. The van der Waals surface area contributed by atoms with Gasteiger partial charge in [-0.05, 0) is 29.7 Å². The van der Waals surface area contributed by atoms with E-state index in [1.165, 1.54) is 29.0 Å². The Balaban J connectivity index is 0.00000167. The van der Waals surface area contributed by atoms with Gasteiger partial charge in [-0.2, -0.15) is 88.0 Å². The van der Waals surface area contributed by atoms with Crippen molar-refractivity contribution in [2.45, 2.75) is 72.9 Å². The standard InChI is InChI=1S/C23H14ClF19N.F6P/c24-14-3-1-2-10-44(14)11-13-6-4-12(5-7-13)8-9-15(25,26)16(27,28)17(29,30)18(31,32)19(33,34)20(35,36)21(37,38)22(39,40)23(41,42)43;1-7(2,3,4,5)6/h1-7,10H,8-9,11H2;/q+1;-1. The fraction of sp³-hybridized carbons (Fsp3) is 0.522. The van der Waals surface area contributed by atoms with Crippen LogP contribution in [0.2, 0.25) is 5.15 Å². The number of nitrogens with zero attached hydrogens (tertiary/aromatic N) is 1. The zero-order valence-electron chi connectivity index (χ0n) is 23.5. The van der Waals surface area contributed by atoms with Crippen molar-refractivity contribution in [3.05, 3.63) is 64.9 Å². The van der Waals surface area contributed by atoms with Crippen LogP contribution in [0.5, 0.6) is 0 Å². The van der Waals surface area contributed by atoms with Crippen molar-refractivity contribution in [1.29, 1.82) is 0 Å². The predicted octanol–water partition coefficient (Wildman–Crippen LogP) is 12.6. The first-order valence-electron chi connectivity index (χ1n) is 12.3. The summed E-state index contributed by atoms with van der Waals surface area (Å²) in [5, 5.41) is 0.220. The Hall–Kier alpha value is -2.66. The van der Waals surface area contributed by atoms with Gasteiger partial charge in [0.1, 0.15) is 0 Å². The Morgan fingerprint density at radius 1 is 0.471 bits per heavy atom. The SMILES string of the molecule is FC(F)(F)C(F)(F)C(F)(F)C(F)(F)C(F)(F)C(F)(F)C(F)(F)C(F)(F)C(F)(F)CCc1ccc(C[n+]2ccccc2Cl)cc1.F[P-](F)(F)(F)(F)F. The average Bonchev–Trinajstić information content (AvgIpc) is 2.90. The molecular formula is C23H14ClF25NP. The van der Waals surface area contributed by atoms with Gasteiger partial charge in [-0.3, -0.25) is 0 Å². The molecule has 0 amide bonds. The molecule has 0 aliphatic heterocycles. The number of halogens is 26. The van der Waals surface area contributed by atoms with Crippen LogP contribution in [0.25, 0.3) is 0 Å². The number of rotatable bonds is 12. The van der Waals surface area contributed by atoms with Crippen LogP contribution < -0.4 is 4.57 Å². The number of aromatic nitrogens is 1. The van der Waals surface area contributed by atoms with Gasteiger partial charge in [0.25, 0.3) is 5.15 Å². The summed E-state index contributed by atoms with van der Waals surface area (Å²) in [5.41, 5.74) is -0.0134. The Kier molecular flexibility index (Phi) is 11.6. The summed E-state index contributed by atoms with van der Waals surface area (Å²) < 4.78 is 316. The normalized spacial score (nSPS) is 16.2. The molecule has 0 unspecified atom stereocenters. The molecule has 1 nitrogen and oxygen atoms in total. The second-order valence-corrected chi connectivity index (χ2v) is 12.5. The van der Waals surface area contributed by atoms with Gasteiger partial charge in [0, 0.05) is 24.1 Å². The Labute approximate surface area is 271 Å². The number of pyridine rings is 1. The van der Waals surface area contributed by atoms with Crippen molar-refractivity contribution in [2.24, 2.45) is 0 Å². The first-order valence-corrected chi connectivity index (χ1v) is 14.7. The maximum absolute atomic E-state index is 14.2. The molecule has 0 fully saturated rings. The zero-order valence-corrected chi connectivity index (χ0v) is 25.1. The summed E-state index contributed by atoms with van der Waals surface area (Å²) in [4.78, 5) is 0. The van der Waals surface area contributed by atoms with Crippen LogP contribution in [0.4, 0.5) is 109 Å². The molecule has 0 aliphatic carbocycles. The molecule has 1 aromatic carbocycles. The van der Waals surface area contributed by atoms with Gasteiger partial charge in [0.15, 0.2) is 12.7 Å². The van der Waals surface area contributed by atoms with Gasteiger partial charge in [-0.15, -0.1) is 0 Å². The van der Waals surface area contributed by atoms with E-state index in [2.05, 4.69) is 0 Å². The van der Waals surface area contributed by atoms with Crippen LogP contribution in [0, 0.1) is 0 Å². The van der Waals surface area contributed by atoms with Crippen LogP contribution in [-0.2, 0) is 13.0 Å². The summed E-state index contributed by atoms with van der Waals surface area (Å²) in [6.45, 7) is 0.0439. The molecule has 0 N–H and O–H groups in total. The molecule has 0 saturated heterocycles. The van der Waals surface area contributed by atoms with Gasteiger partial charge in [-0.25, -0.2) is 0 Å². The van der Waals surface area contributed by atoms with E-state index in [0.29, 0.717) is 5.56 Å². The average molecular weight is 846 g/mol. The summed E-state index contributed by atoms with van der Waals surface area (Å²) in [5.74, 6) is -66.4. The maximum atomic E-state index is 14.2. The van der Waals surface area contributed by atoms with Gasteiger partial charge in [0.05, 0.1) is 0 Å². The number of alkyl halides is 19. The summed E-state index contributed by atoms with van der Waals surface area (Å²) in [7, 11) is -10.7. The zero-order chi connectivity index (χ0) is 41.0. The molecule has 0 radical (unpaired) electrons. The van der Waals surface area contributed by atoms with Crippen molar-refractivity contribution in [1.82, 2.24) is 0 Å². The van der Waals surface area contributed by atoms with Crippen LogP contribution in [-0.4, -0.2) is 53.6 Å². The van der Waals surface area contributed by atoms with Gasteiger partial charge in [-0.1, -0.05) is 24.3 Å². The molecule has 0 spiro atoms. The third-order valence-electron chi connectivity index (χ3n) is 6.17. The van der Waals surface area contributed by atoms with E-state index >= 15 is 0 Å². The molecule has 28 heteroatoms. The fourth-order valence-corrected chi connectivity index (χ4v) is 3.63. The van der Waals surface area contributed by atoms with Gasteiger partial charge >= 0.3 is 86.5 Å². The number of benzene rings is 1. The molecule has 0 bridgehead atoms. The third-order valence-corrected chi connectivity index (χ3v) is 6.51. The number of hydrogen-bond donors (Lipinski definition) is 0. The third kappa shape index (κ3) is 9.67. The molecule has 0 atom stereocenters. The fourth-order valence-electron chi connectivity index (χ4n) is 3.44. The Morgan fingerprint density at radius 2 is 0.804 bits per heavy atom. The second-order valence-electron chi connectivity index (χ2n) is 10.1. The molecule has 298 valence electrons. The van der Waals surface area contributed by atoms with Crippen molar-refractivity contribution in [2.75, 3.05) is 0 Å². The van der Waals surface area contributed by atoms with Crippen LogP contribution >= 0.6 is 19.4 Å². The second kappa shape index (κ2) is 12.7. The van der Waals surface area contributed by atoms with E-state index in [-0.39, 0.29) is 11.7 Å². The quantitative estimate of drug-likeness (QED) is 0.0867. The van der Waals surface area contributed by atoms with Crippen molar-refractivity contribution in [3.8, 4) is 0 Å². The predicted molar refractivity (Wildman–Crippen MR) is 125 cm³/mol. The van der Waals surface area contributed by atoms with Crippen LogP contribution in [0.15, 0.2) is 48.7 Å². The molecule has 0 saturated carbocycles. The van der Waals surface area contributed by atoms with Crippen molar-refractivity contribution < 1.29 is 113 Å². The van der Waals surface area contributed by atoms with Crippen LogP contribution in [0.3, 0.4) is 0 Å². The van der Waals surface area contributed by atoms with E-state index in [1.807, 2.05) is 0 Å². The minimum absolute atomic E-state index is 0.0439. The summed E-state index contributed by atoms with van der Waals surface area (Å²) in [6.07, 6.45) is -10.4. The Bertz CT molecular complexity index is 1500. The summed E-state index contributed by atoms with van der Waals surface area (Å²) >= 11 is 5.92. The van der Waals surface area contributed by atoms with Crippen molar-refractivity contribution >= 4 is 19.4 Å². The van der Waals surface area contributed by atoms with Crippen molar-refractivity contribution in [3.63, 3.8) is 0 Å². The molecular weight excluding hydrogens is 832 g/mol. The topological polar surface area (TPSA) is 3.88 Å². The van der Waals surface area contributed by atoms with E-state index in [4.69, 9.17) is 11.6 Å². The van der Waals surface area contributed by atoms with E-state index in [0.717, 1.165) is 12.1 Å². The Morgan fingerprint density at radius 3 is 1.16 bits per heavy atom. The molecule has 2 rings (SSSR count). The first kappa shape index (κ1) is 46.4. The first-order chi connectivity index (χ1) is 21.9. The number of aryl methyl sites for hydroxylation is 1. The molecule has 2 aromatic rings. The molecule has 1 aromatic heterocycles. The van der Waals surface area contributed by atoms with E-state index in [1.54, 1.807) is 12.1 Å². The van der Waals surface area contributed by atoms with Crippen LogP contribution in [0.1, 0.15) is 17.5 Å². The monoisotopic (exact) mass is 845 g/mol. The van der Waals surface area contributed by atoms with Gasteiger partial charge in [0.2, 0.25) is 0 Å². The molecule has 1 heterocycles. The molecule has 51 heavy (non-hydrogen) atoms. The number of hydrogen-bond acceptors (Lipinski definition) is 0. The van der Waals surface area contributed by atoms with E-state index in [9.17, 15) is 109 Å². The van der Waals surface area contributed by atoms with Gasteiger partial charge < -0.3 is 0 Å².